The van der Waals surface area contributed by atoms with E-state index >= 15 is 0 Å². The summed E-state index contributed by atoms with van der Waals surface area (Å²) in [5, 5.41) is 4.08. The molecule has 1 heterocycles. The fraction of sp³-hybridized carbons (Fsp3) is 0.222. The van der Waals surface area contributed by atoms with Crippen molar-refractivity contribution in [2.24, 2.45) is 0 Å². The number of ether oxygens (including phenoxy) is 2. The molecule has 182 valence electrons. The molecular formula is C27H28N2O5S. The zero-order chi connectivity index (χ0) is 25.0. The number of benzene rings is 3. The van der Waals surface area contributed by atoms with Crippen LogP contribution in [0, 0.1) is 0 Å². The van der Waals surface area contributed by atoms with Crippen molar-refractivity contribution < 1.29 is 22.7 Å². The maximum atomic E-state index is 13.1. The van der Waals surface area contributed by atoms with Gasteiger partial charge in [0.15, 0.2) is 21.3 Å². The monoisotopic (exact) mass is 492 g/mol. The molecule has 0 saturated carbocycles. The van der Waals surface area contributed by atoms with E-state index in [1.807, 2.05) is 48.7 Å². The topological polar surface area (TPSA) is 97.5 Å². The molecular weight excluding hydrogens is 464 g/mol. The van der Waals surface area contributed by atoms with Crippen LogP contribution in [-0.2, 0) is 15.6 Å². The number of carbonyl (C=O) groups is 1. The number of amides is 1. The number of methoxy groups -OCH3 is 2. The van der Waals surface area contributed by atoms with Crippen LogP contribution < -0.4 is 14.8 Å². The fourth-order valence-corrected chi connectivity index (χ4v) is 5.14. The van der Waals surface area contributed by atoms with Gasteiger partial charge in [-0.1, -0.05) is 42.5 Å². The predicted octanol–water partition coefficient (Wildman–Crippen LogP) is 4.29. The highest BCUT2D eigenvalue weighted by atomic mass is 32.2. The van der Waals surface area contributed by atoms with Crippen molar-refractivity contribution in [1.29, 1.82) is 0 Å². The molecule has 4 aromatic rings. The van der Waals surface area contributed by atoms with E-state index < -0.39 is 9.84 Å². The van der Waals surface area contributed by atoms with Gasteiger partial charge in [-0.05, 0) is 35.4 Å². The summed E-state index contributed by atoms with van der Waals surface area (Å²) in [5.41, 5.74) is 3.86. The average molecular weight is 493 g/mol. The van der Waals surface area contributed by atoms with Crippen LogP contribution in [0.15, 0.2) is 72.9 Å². The van der Waals surface area contributed by atoms with Crippen molar-refractivity contribution in [2.75, 3.05) is 27.0 Å². The molecule has 0 fully saturated rings. The average Bonchev–Trinajstić information content (AvgIpc) is 3.27. The van der Waals surface area contributed by atoms with Crippen LogP contribution in [0.25, 0.3) is 10.9 Å². The second kappa shape index (κ2) is 10.2. The first-order valence-corrected chi connectivity index (χ1v) is 13.2. The molecule has 35 heavy (non-hydrogen) atoms. The lowest BCUT2D eigenvalue weighted by Crippen LogP contribution is -2.29. The fourth-order valence-electron chi connectivity index (χ4n) is 4.36. The number of fused-ring (bicyclic) bond motifs is 1. The zero-order valence-corrected chi connectivity index (χ0v) is 20.7. The largest absolute Gasteiger partial charge is 0.493 e. The number of sulfone groups is 1. The van der Waals surface area contributed by atoms with Crippen molar-refractivity contribution in [3.05, 3.63) is 95.2 Å². The lowest BCUT2D eigenvalue weighted by molar-refractivity contribution is 0.0952. The molecule has 4 rings (SSSR count). The number of nitrogens with one attached hydrogen (secondary N) is 2. The Labute approximate surface area is 205 Å². The Balaban J connectivity index is 1.69. The maximum Gasteiger partial charge on any atom is 0.251 e. The number of rotatable bonds is 9. The molecule has 0 radical (unpaired) electrons. The van der Waals surface area contributed by atoms with Crippen molar-refractivity contribution in [3.8, 4) is 11.5 Å². The van der Waals surface area contributed by atoms with Crippen molar-refractivity contribution in [3.63, 3.8) is 0 Å². The quantitative estimate of drug-likeness (QED) is 0.363. The Hall–Kier alpha value is -3.78. The van der Waals surface area contributed by atoms with Crippen LogP contribution >= 0.6 is 0 Å². The molecule has 3 aromatic carbocycles. The van der Waals surface area contributed by atoms with Gasteiger partial charge in [-0.15, -0.1) is 0 Å². The van der Waals surface area contributed by atoms with Crippen molar-refractivity contribution in [2.45, 2.75) is 11.7 Å². The number of aromatic amines is 1. The minimum absolute atomic E-state index is 0.118. The molecule has 0 aliphatic carbocycles. The van der Waals surface area contributed by atoms with Gasteiger partial charge >= 0.3 is 0 Å². The molecule has 1 aromatic heterocycles. The zero-order valence-electron chi connectivity index (χ0n) is 19.9. The van der Waals surface area contributed by atoms with Crippen LogP contribution in [0.5, 0.6) is 11.5 Å². The molecule has 1 unspecified atom stereocenters. The first-order valence-electron chi connectivity index (χ1n) is 11.1. The van der Waals surface area contributed by atoms with Crippen LogP contribution in [0.2, 0.25) is 0 Å². The smallest absolute Gasteiger partial charge is 0.251 e. The highest BCUT2D eigenvalue weighted by Crippen LogP contribution is 2.40. The maximum absolute atomic E-state index is 13.1. The molecule has 0 bridgehead atoms. The standard InChI is InChI=1S/C27H28N2O5S/c1-33-25-13-7-11-21(26(25)34-2)23(22-15-28-24-12-5-4-10-20(22)24)16-29-27(30)19-9-6-8-18(14-19)17-35(3,31)32/h4-15,23,28H,16-17H2,1-3H3,(H,29,30). The van der Waals surface area contributed by atoms with E-state index in [9.17, 15) is 13.2 Å². The van der Waals surface area contributed by atoms with Gasteiger partial charge in [0.25, 0.3) is 5.91 Å². The lowest BCUT2D eigenvalue weighted by Gasteiger charge is -2.22. The van der Waals surface area contributed by atoms with E-state index in [1.165, 1.54) is 6.26 Å². The molecule has 0 aliphatic heterocycles. The number of para-hydroxylation sites is 2. The lowest BCUT2D eigenvalue weighted by atomic mass is 9.89. The molecule has 7 nitrogen and oxygen atoms in total. The summed E-state index contributed by atoms with van der Waals surface area (Å²) in [6, 6.07) is 20.4. The summed E-state index contributed by atoms with van der Waals surface area (Å²) in [7, 11) is -0.0195. The summed E-state index contributed by atoms with van der Waals surface area (Å²) < 4.78 is 34.6. The normalized spacial score (nSPS) is 12.3. The predicted molar refractivity (Wildman–Crippen MR) is 137 cm³/mol. The van der Waals surface area contributed by atoms with Gasteiger partial charge in [0.05, 0.1) is 20.0 Å². The molecule has 0 saturated heterocycles. The third kappa shape index (κ3) is 5.49. The van der Waals surface area contributed by atoms with Gasteiger partial charge in [-0.2, -0.15) is 0 Å². The van der Waals surface area contributed by atoms with E-state index in [1.54, 1.807) is 38.5 Å². The van der Waals surface area contributed by atoms with Gasteiger partial charge in [-0.25, -0.2) is 8.42 Å². The third-order valence-corrected chi connectivity index (χ3v) is 6.75. The van der Waals surface area contributed by atoms with Gasteiger partial charge in [-0.3, -0.25) is 4.79 Å². The Kier molecular flexibility index (Phi) is 7.12. The minimum Gasteiger partial charge on any atom is -0.493 e. The van der Waals surface area contributed by atoms with Crippen LogP contribution in [0.4, 0.5) is 0 Å². The second-order valence-electron chi connectivity index (χ2n) is 8.41. The summed E-state index contributed by atoms with van der Waals surface area (Å²) >= 11 is 0. The van der Waals surface area contributed by atoms with E-state index in [-0.39, 0.29) is 17.6 Å². The molecule has 2 N–H and O–H groups in total. The van der Waals surface area contributed by atoms with Crippen molar-refractivity contribution in [1.82, 2.24) is 10.3 Å². The van der Waals surface area contributed by atoms with Gasteiger partial charge in [0.2, 0.25) is 0 Å². The van der Waals surface area contributed by atoms with Gasteiger partial charge in [0.1, 0.15) is 0 Å². The Bertz CT molecular complexity index is 1460. The number of hydrogen-bond donors (Lipinski definition) is 2. The van der Waals surface area contributed by atoms with Gasteiger partial charge in [0, 0.05) is 46.9 Å². The van der Waals surface area contributed by atoms with Gasteiger partial charge < -0.3 is 19.8 Å². The second-order valence-corrected chi connectivity index (χ2v) is 10.5. The number of H-pyrrole nitrogens is 1. The van der Waals surface area contributed by atoms with E-state index in [0.29, 0.717) is 29.2 Å². The molecule has 1 amide bonds. The van der Waals surface area contributed by atoms with E-state index in [2.05, 4.69) is 10.3 Å². The Morgan fingerprint density at radius 3 is 2.49 bits per heavy atom. The molecule has 1 atom stereocenters. The van der Waals surface area contributed by atoms with Crippen LogP contribution in [-0.4, -0.2) is 46.3 Å². The highest BCUT2D eigenvalue weighted by Gasteiger charge is 2.24. The Morgan fingerprint density at radius 2 is 1.74 bits per heavy atom. The summed E-state index contributed by atoms with van der Waals surface area (Å²) in [6.07, 6.45) is 3.13. The first-order chi connectivity index (χ1) is 16.8. The first kappa shape index (κ1) is 24.3. The highest BCUT2D eigenvalue weighted by molar-refractivity contribution is 7.89. The summed E-state index contributed by atoms with van der Waals surface area (Å²) in [4.78, 5) is 16.4. The minimum atomic E-state index is -3.21. The molecule has 0 spiro atoms. The number of hydrogen-bond acceptors (Lipinski definition) is 5. The summed E-state index contributed by atoms with van der Waals surface area (Å²) in [6.45, 7) is 0.292. The van der Waals surface area contributed by atoms with E-state index in [0.717, 1.165) is 22.0 Å². The Morgan fingerprint density at radius 1 is 0.971 bits per heavy atom. The molecule has 8 heteroatoms. The SMILES string of the molecule is COc1cccc(C(CNC(=O)c2cccc(CS(C)(=O)=O)c2)c2c[nH]c3ccccc23)c1OC. The van der Waals surface area contributed by atoms with Crippen molar-refractivity contribution >= 4 is 26.6 Å². The third-order valence-electron chi connectivity index (χ3n) is 5.89. The number of carbonyl (C=O) groups excluding carboxylic acids is 1. The van der Waals surface area contributed by atoms with Crippen LogP contribution in [0.1, 0.15) is 33.0 Å². The van der Waals surface area contributed by atoms with E-state index in [4.69, 9.17) is 9.47 Å². The molecule has 0 aliphatic rings. The van der Waals surface area contributed by atoms with Crippen LogP contribution in [0.3, 0.4) is 0 Å². The number of aromatic nitrogens is 1. The summed E-state index contributed by atoms with van der Waals surface area (Å²) in [5.74, 6) is 0.573.